The van der Waals surface area contributed by atoms with Crippen molar-refractivity contribution in [3.05, 3.63) is 53.7 Å². The molecule has 1 atom stereocenters. The zero-order valence-corrected chi connectivity index (χ0v) is 15.5. The van der Waals surface area contributed by atoms with Crippen LogP contribution in [0.15, 0.2) is 41.3 Å². The third-order valence-electron chi connectivity index (χ3n) is 4.42. The standard InChI is InChI=1S/C18H19F2N3O3S/c1-12-4-2-6-17(21-12)22-18(24)13-5-3-9-23(11-13)27(25,26)14-7-8-15(19)16(20)10-14/h2,4,6-8,10,13H,3,5,9,11H2,1H3,(H,21,22,24). The van der Waals surface area contributed by atoms with Crippen molar-refractivity contribution in [3.8, 4) is 0 Å². The lowest BCUT2D eigenvalue weighted by molar-refractivity contribution is -0.120. The molecule has 0 aliphatic carbocycles. The van der Waals surface area contributed by atoms with E-state index in [2.05, 4.69) is 10.3 Å². The maximum atomic E-state index is 13.4. The number of aryl methyl sites for hydroxylation is 1. The Morgan fingerprint density at radius 1 is 1.22 bits per heavy atom. The van der Waals surface area contributed by atoms with Crippen LogP contribution < -0.4 is 5.32 Å². The molecule has 1 N–H and O–H groups in total. The summed E-state index contributed by atoms with van der Waals surface area (Å²) in [4.78, 5) is 16.4. The number of nitrogens with one attached hydrogen (secondary N) is 1. The van der Waals surface area contributed by atoms with Gasteiger partial charge in [0.05, 0.1) is 10.8 Å². The minimum absolute atomic E-state index is 0.0288. The second kappa shape index (κ2) is 7.69. The monoisotopic (exact) mass is 395 g/mol. The number of hydrogen-bond acceptors (Lipinski definition) is 4. The number of amides is 1. The molecular formula is C18H19F2N3O3S. The quantitative estimate of drug-likeness (QED) is 0.863. The van der Waals surface area contributed by atoms with Crippen molar-refractivity contribution in [1.82, 2.24) is 9.29 Å². The molecule has 1 aromatic heterocycles. The van der Waals surface area contributed by atoms with Crippen LogP contribution in [0.5, 0.6) is 0 Å². The van der Waals surface area contributed by atoms with Crippen molar-refractivity contribution in [2.24, 2.45) is 5.92 Å². The Morgan fingerprint density at radius 2 is 2.00 bits per heavy atom. The Morgan fingerprint density at radius 3 is 2.70 bits per heavy atom. The smallest absolute Gasteiger partial charge is 0.243 e. The number of pyridine rings is 1. The number of rotatable bonds is 4. The normalized spacial score (nSPS) is 18.3. The molecule has 0 bridgehead atoms. The summed E-state index contributed by atoms with van der Waals surface area (Å²) in [7, 11) is -4.02. The number of piperidine rings is 1. The molecule has 1 saturated heterocycles. The zero-order valence-electron chi connectivity index (χ0n) is 14.7. The predicted octanol–water partition coefficient (Wildman–Crippen LogP) is 2.71. The van der Waals surface area contributed by atoms with Gasteiger partial charge in [-0.3, -0.25) is 4.79 Å². The number of benzene rings is 1. The van der Waals surface area contributed by atoms with Gasteiger partial charge in [0, 0.05) is 18.8 Å². The van der Waals surface area contributed by atoms with Crippen LogP contribution in [0.1, 0.15) is 18.5 Å². The van der Waals surface area contributed by atoms with E-state index in [0.29, 0.717) is 24.7 Å². The van der Waals surface area contributed by atoms with Crippen LogP contribution >= 0.6 is 0 Å². The number of hydrogen-bond donors (Lipinski definition) is 1. The lowest BCUT2D eigenvalue weighted by Crippen LogP contribution is -2.43. The highest BCUT2D eigenvalue weighted by Crippen LogP contribution is 2.25. The Balaban J connectivity index is 1.74. The number of carbonyl (C=O) groups excluding carboxylic acids is 1. The summed E-state index contributed by atoms with van der Waals surface area (Å²) in [5.41, 5.74) is 0.749. The molecule has 27 heavy (non-hydrogen) atoms. The van der Waals surface area contributed by atoms with E-state index in [1.807, 2.05) is 0 Å². The summed E-state index contributed by atoms with van der Waals surface area (Å²) in [6, 6.07) is 7.67. The molecule has 0 saturated carbocycles. The van der Waals surface area contributed by atoms with Gasteiger partial charge in [-0.1, -0.05) is 6.07 Å². The maximum Gasteiger partial charge on any atom is 0.243 e. The Hall–Kier alpha value is -2.39. The Bertz CT molecular complexity index is 966. The van der Waals surface area contributed by atoms with Crippen LogP contribution in [0.25, 0.3) is 0 Å². The second-order valence-electron chi connectivity index (χ2n) is 6.43. The molecule has 2 heterocycles. The number of halogens is 2. The molecule has 2 aromatic rings. The van der Waals surface area contributed by atoms with Gasteiger partial charge in [0.2, 0.25) is 15.9 Å². The van der Waals surface area contributed by atoms with E-state index in [1.54, 1.807) is 25.1 Å². The highest BCUT2D eigenvalue weighted by molar-refractivity contribution is 7.89. The van der Waals surface area contributed by atoms with E-state index < -0.39 is 27.6 Å². The maximum absolute atomic E-state index is 13.4. The van der Waals surface area contributed by atoms with Crippen molar-refractivity contribution < 1.29 is 22.0 Å². The topological polar surface area (TPSA) is 79.4 Å². The molecule has 0 spiro atoms. The summed E-state index contributed by atoms with van der Waals surface area (Å²) >= 11 is 0. The minimum Gasteiger partial charge on any atom is -0.310 e. The average Bonchev–Trinajstić information content (AvgIpc) is 2.64. The van der Waals surface area contributed by atoms with Gasteiger partial charge in [-0.2, -0.15) is 4.31 Å². The number of sulfonamides is 1. The largest absolute Gasteiger partial charge is 0.310 e. The molecule has 0 radical (unpaired) electrons. The summed E-state index contributed by atoms with van der Waals surface area (Å²) in [6.07, 6.45) is 1.02. The zero-order chi connectivity index (χ0) is 19.6. The Kier molecular flexibility index (Phi) is 5.52. The number of aromatic nitrogens is 1. The molecule has 6 nitrogen and oxygen atoms in total. The van der Waals surface area contributed by atoms with Crippen LogP contribution in [0.2, 0.25) is 0 Å². The van der Waals surface area contributed by atoms with Crippen molar-refractivity contribution in [2.45, 2.75) is 24.7 Å². The van der Waals surface area contributed by atoms with E-state index in [-0.39, 0.29) is 23.9 Å². The third kappa shape index (κ3) is 4.30. The number of anilines is 1. The molecule has 1 aliphatic rings. The number of nitrogens with zero attached hydrogens (tertiary/aromatic N) is 2. The van der Waals surface area contributed by atoms with Crippen molar-refractivity contribution in [2.75, 3.05) is 18.4 Å². The van der Waals surface area contributed by atoms with E-state index in [0.717, 1.165) is 22.1 Å². The molecule has 1 aromatic carbocycles. The van der Waals surface area contributed by atoms with Crippen molar-refractivity contribution >= 4 is 21.7 Å². The van der Waals surface area contributed by atoms with Crippen LogP contribution in [-0.2, 0) is 14.8 Å². The predicted molar refractivity (Wildman–Crippen MR) is 95.4 cm³/mol. The first-order valence-electron chi connectivity index (χ1n) is 8.47. The lowest BCUT2D eigenvalue weighted by Gasteiger charge is -2.31. The second-order valence-corrected chi connectivity index (χ2v) is 8.37. The number of carbonyl (C=O) groups is 1. The SMILES string of the molecule is Cc1cccc(NC(=O)C2CCCN(S(=O)(=O)c3ccc(F)c(F)c3)C2)n1. The molecule has 1 fully saturated rings. The third-order valence-corrected chi connectivity index (χ3v) is 6.28. The minimum atomic E-state index is -4.02. The van der Waals surface area contributed by atoms with E-state index >= 15 is 0 Å². The lowest BCUT2D eigenvalue weighted by atomic mass is 9.99. The van der Waals surface area contributed by atoms with E-state index in [1.165, 1.54) is 0 Å². The summed E-state index contributed by atoms with van der Waals surface area (Å²) < 4.78 is 53.1. The van der Waals surface area contributed by atoms with Gasteiger partial charge in [-0.15, -0.1) is 0 Å². The fraction of sp³-hybridized carbons (Fsp3) is 0.333. The van der Waals surface area contributed by atoms with Crippen LogP contribution in [0.4, 0.5) is 14.6 Å². The Labute approximate surface area is 156 Å². The van der Waals surface area contributed by atoms with Gasteiger partial charge in [0.1, 0.15) is 5.82 Å². The molecule has 3 rings (SSSR count). The average molecular weight is 395 g/mol. The first-order chi connectivity index (χ1) is 12.8. The van der Waals surface area contributed by atoms with Gasteiger partial charge < -0.3 is 5.32 Å². The highest BCUT2D eigenvalue weighted by atomic mass is 32.2. The van der Waals surface area contributed by atoms with Gasteiger partial charge in [0.25, 0.3) is 0 Å². The molecule has 1 unspecified atom stereocenters. The van der Waals surface area contributed by atoms with Gasteiger partial charge in [-0.05, 0) is 50.1 Å². The summed E-state index contributed by atoms with van der Waals surface area (Å²) in [5.74, 6) is -2.82. The van der Waals surface area contributed by atoms with Crippen molar-refractivity contribution in [3.63, 3.8) is 0 Å². The molecule has 9 heteroatoms. The molecule has 144 valence electrons. The highest BCUT2D eigenvalue weighted by Gasteiger charge is 2.33. The first-order valence-corrected chi connectivity index (χ1v) is 9.91. The van der Waals surface area contributed by atoms with E-state index in [4.69, 9.17) is 0 Å². The van der Waals surface area contributed by atoms with Crippen LogP contribution in [-0.4, -0.2) is 36.7 Å². The van der Waals surface area contributed by atoms with E-state index in [9.17, 15) is 22.0 Å². The molecular weight excluding hydrogens is 376 g/mol. The van der Waals surface area contributed by atoms with Crippen molar-refractivity contribution in [1.29, 1.82) is 0 Å². The fourth-order valence-electron chi connectivity index (χ4n) is 3.00. The summed E-state index contributed by atoms with van der Waals surface area (Å²) in [6.45, 7) is 1.99. The first kappa shape index (κ1) is 19.4. The van der Waals surface area contributed by atoms with Crippen LogP contribution in [0.3, 0.4) is 0 Å². The molecule has 1 aliphatic heterocycles. The van der Waals surface area contributed by atoms with Gasteiger partial charge in [-0.25, -0.2) is 22.2 Å². The van der Waals surface area contributed by atoms with Gasteiger partial charge in [0.15, 0.2) is 11.6 Å². The summed E-state index contributed by atoms with van der Waals surface area (Å²) in [5, 5.41) is 2.70. The fourth-order valence-corrected chi connectivity index (χ4v) is 4.54. The van der Waals surface area contributed by atoms with Gasteiger partial charge >= 0.3 is 0 Å². The molecule has 1 amide bonds. The van der Waals surface area contributed by atoms with Crippen LogP contribution in [0, 0.1) is 24.5 Å².